The van der Waals surface area contributed by atoms with E-state index in [-0.39, 0.29) is 12.5 Å². The third-order valence-electron chi connectivity index (χ3n) is 2.60. The third kappa shape index (κ3) is 5.20. The molecule has 0 spiro atoms. The van der Waals surface area contributed by atoms with E-state index in [2.05, 4.69) is 13.8 Å². The van der Waals surface area contributed by atoms with Crippen molar-refractivity contribution in [2.45, 2.75) is 20.3 Å². The van der Waals surface area contributed by atoms with Gasteiger partial charge in [0.2, 0.25) is 0 Å². The number of ether oxygens (including phenoxy) is 1. The lowest BCUT2D eigenvalue weighted by atomic mass is 10.0. The van der Waals surface area contributed by atoms with E-state index in [1.165, 1.54) is 0 Å². The van der Waals surface area contributed by atoms with Crippen LogP contribution in [0.25, 0.3) is 0 Å². The maximum atomic E-state index is 9.12. The second-order valence-electron chi connectivity index (χ2n) is 4.84. The lowest BCUT2D eigenvalue weighted by Crippen LogP contribution is -2.20. The summed E-state index contributed by atoms with van der Waals surface area (Å²) in [5, 5.41) is 9.12. The predicted molar refractivity (Wildman–Crippen MR) is 70.1 cm³/mol. The minimum atomic E-state index is 0.133. The summed E-state index contributed by atoms with van der Waals surface area (Å²) in [5.41, 5.74) is 6.74. The van der Waals surface area contributed by atoms with Crippen molar-refractivity contribution >= 4 is 0 Å². The molecule has 17 heavy (non-hydrogen) atoms. The van der Waals surface area contributed by atoms with Gasteiger partial charge in [0.1, 0.15) is 5.75 Å². The van der Waals surface area contributed by atoms with Crippen LogP contribution in [0.1, 0.15) is 19.4 Å². The number of hydrogen-bond acceptors (Lipinski definition) is 3. The van der Waals surface area contributed by atoms with E-state index in [1.54, 1.807) is 0 Å². The molecule has 3 N–H and O–H groups in total. The first kappa shape index (κ1) is 14.0. The molecule has 1 unspecified atom stereocenters. The highest BCUT2D eigenvalue weighted by atomic mass is 16.5. The lowest BCUT2D eigenvalue weighted by molar-refractivity contribution is 0.229. The van der Waals surface area contributed by atoms with Crippen LogP contribution in [0.2, 0.25) is 0 Å². The summed E-state index contributed by atoms with van der Waals surface area (Å²) >= 11 is 0. The highest BCUT2D eigenvalue weighted by molar-refractivity contribution is 5.28. The van der Waals surface area contributed by atoms with Crippen molar-refractivity contribution < 1.29 is 9.84 Å². The Morgan fingerprint density at radius 2 is 2.12 bits per heavy atom. The highest BCUT2D eigenvalue weighted by Crippen LogP contribution is 2.16. The van der Waals surface area contributed by atoms with Crippen molar-refractivity contribution in [1.29, 1.82) is 0 Å². The number of aliphatic hydroxyl groups is 1. The normalized spacial score (nSPS) is 12.8. The van der Waals surface area contributed by atoms with E-state index in [4.69, 9.17) is 15.6 Å². The Morgan fingerprint density at radius 3 is 2.71 bits per heavy atom. The van der Waals surface area contributed by atoms with Crippen LogP contribution in [-0.4, -0.2) is 24.9 Å². The minimum Gasteiger partial charge on any atom is -0.493 e. The zero-order chi connectivity index (χ0) is 12.7. The first-order valence-corrected chi connectivity index (χ1v) is 6.18. The summed E-state index contributed by atoms with van der Waals surface area (Å²) in [7, 11) is 0. The molecule has 0 aliphatic rings. The Bertz CT molecular complexity index is 322. The van der Waals surface area contributed by atoms with Gasteiger partial charge < -0.3 is 15.6 Å². The molecule has 1 rings (SSSR count). The van der Waals surface area contributed by atoms with E-state index in [9.17, 15) is 0 Å². The predicted octanol–water partition coefficient (Wildman–Crippen LogP) is 1.83. The van der Waals surface area contributed by atoms with Gasteiger partial charge in [0.15, 0.2) is 0 Å². The first-order chi connectivity index (χ1) is 8.15. The fraction of sp³-hybridized carbons (Fsp3) is 0.571. The lowest BCUT2D eigenvalue weighted by Gasteiger charge is -2.13. The van der Waals surface area contributed by atoms with Gasteiger partial charge in [0, 0.05) is 6.61 Å². The highest BCUT2D eigenvalue weighted by Gasteiger charge is 2.07. The fourth-order valence-corrected chi connectivity index (χ4v) is 1.58. The zero-order valence-electron chi connectivity index (χ0n) is 10.7. The number of hydrogen-bond donors (Lipinski definition) is 2. The van der Waals surface area contributed by atoms with Crippen LogP contribution < -0.4 is 10.5 Å². The molecular formula is C14H23NO2. The van der Waals surface area contributed by atoms with Crippen molar-refractivity contribution in [3.63, 3.8) is 0 Å². The molecule has 0 bridgehead atoms. The number of nitrogens with two attached hydrogens (primary N) is 1. The van der Waals surface area contributed by atoms with Gasteiger partial charge in [-0.05, 0) is 42.5 Å². The molecule has 96 valence electrons. The van der Waals surface area contributed by atoms with Gasteiger partial charge in [-0.3, -0.25) is 0 Å². The Balaban J connectivity index is 2.58. The largest absolute Gasteiger partial charge is 0.493 e. The molecule has 0 aromatic heterocycles. The smallest absolute Gasteiger partial charge is 0.119 e. The molecule has 1 atom stereocenters. The van der Waals surface area contributed by atoms with Crippen molar-refractivity contribution in [3.8, 4) is 5.75 Å². The molecule has 0 radical (unpaired) electrons. The average molecular weight is 237 g/mol. The van der Waals surface area contributed by atoms with Gasteiger partial charge in [-0.1, -0.05) is 26.0 Å². The van der Waals surface area contributed by atoms with Crippen molar-refractivity contribution in [2.75, 3.05) is 19.8 Å². The molecule has 0 amide bonds. The Hall–Kier alpha value is -1.06. The summed E-state index contributed by atoms with van der Waals surface area (Å²) in [6.45, 7) is 5.62. The molecule has 1 aromatic carbocycles. The van der Waals surface area contributed by atoms with Crippen molar-refractivity contribution in [3.05, 3.63) is 29.8 Å². The van der Waals surface area contributed by atoms with Crippen LogP contribution in [0.15, 0.2) is 24.3 Å². The first-order valence-electron chi connectivity index (χ1n) is 6.18. The minimum absolute atomic E-state index is 0.133. The Kier molecular flexibility index (Phi) is 6.01. The molecule has 0 saturated carbocycles. The number of rotatable bonds is 7. The van der Waals surface area contributed by atoms with E-state index < -0.39 is 0 Å². The standard InChI is InChI=1S/C14H23NO2/c1-11(2)10-17-14-5-3-4-12(7-14)6-13(8-15)9-16/h3-5,7,11,13,16H,6,8-10,15H2,1-2H3. The molecule has 3 heteroatoms. The van der Waals surface area contributed by atoms with Crippen LogP contribution in [0.5, 0.6) is 5.75 Å². The maximum Gasteiger partial charge on any atom is 0.119 e. The van der Waals surface area contributed by atoms with E-state index in [0.29, 0.717) is 12.5 Å². The maximum absolute atomic E-state index is 9.12. The summed E-state index contributed by atoms with van der Waals surface area (Å²) in [6, 6.07) is 8.01. The van der Waals surface area contributed by atoms with Gasteiger partial charge in [-0.25, -0.2) is 0 Å². The molecule has 0 fully saturated rings. The number of benzene rings is 1. The quantitative estimate of drug-likeness (QED) is 0.760. The summed E-state index contributed by atoms with van der Waals surface area (Å²) in [4.78, 5) is 0. The summed E-state index contributed by atoms with van der Waals surface area (Å²) < 4.78 is 5.66. The van der Waals surface area contributed by atoms with Crippen LogP contribution in [-0.2, 0) is 6.42 Å². The third-order valence-corrected chi connectivity index (χ3v) is 2.60. The molecule has 1 aromatic rings. The molecule has 0 saturated heterocycles. The van der Waals surface area contributed by atoms with Crippen LogP contribution >= 0.6 is 0 Å². The number of aliphatic hydroxyl groups excluding tert-OH is 1. The Morgan fingerprint density at radius 1 is 1.35 bits per heavy atom. The van der Waals surface area contributed by atoms with E-state index in [0.717, 1.165) is 24.3 Å². The Labute approximate surface area is 104 Å². The van der Waals surface area contributed by atoms with Crippen molar-refractivity contribution in [1.82, 2.24) is 0 Å². The zero-order valence-corrected chi connectivity index (χ0v) is 10.7. The van der Waals surface area contributed by atoms with Crippen molar-refractivity contribution in [2.24, 2.45) is 17.6 Å². The second kappa shape index (κ2) is 7.30. The second-order valence-corrected chi connectivity index (χ2v) is 4.84. The molecule has 0 aliphatic carbocycles. The molecular weight excluding hydrogens is 214 g/mol. The van der Waals surface area contributed by atoms with Crippen LogP contribution in [0, 0.1) is 11.8 Å². The van der Waals surface area contributed by atoms with Gasteiger partial charge in [0.05, 0.1) is 6.61 Å². The van der Waals surface area contributed by atoms with Crippen LogP contribution in [0.3, 0.4) is 0 Å². The molecule has 0 heterocycles. The fourth-order valence-electron chi connectivity index (χ4n) is 1.58. The van der Waals surface area contributed by atoms with Crippen LogP contribution in [0.4, 0.5) is 0 Å². The van der Waals surface area contributed by atoms with Gasteiger partial charge >= 0.3 is 0 Å². The monoisotopic (exact) mass is 237 g/mol. The van der Waals surface area contributed by atoms with E-state index in [1.807, 2.05) is 24.3 Å². The summed E-state index contributed by atoms with van der Waals surface area (Å²) in [5.74, 6) is 1.55. The SMILES string of the molecule is CC(C)COc1cccc(CC(CN)CO)c1. The topological polar surface area (TPSA) is 55.5 Å². The van der Waals surface area contributed by atoms with Gasteiger partial charge in [0.25, 0.3) is 0 Å². The molecule has 0 aliphatic heterocycles. The summed E-state index contributed by atoms with van der Waals surface area (Å²) in [6.07, 6.45) is 0.797. The van der Waals surface area contributed by atoms with E-state index >= 15 is 0 Å². The van der Waals surface area contributed by atoms with Gasteiger partial charge in [-0.2, -0.15) is 0 Å². The average Bonchev–Trinajstić information content (AvgIpc) is 2.34. The van der Waals surface area contributed by atoms with Gasteiger partial charge in [-0.15, -0.1) is 0 Å². The molecule has 3 nitrogen and oxygen atoms in total.